The van der Waals surface area contributed by atoms with Gasteiger partial charge in [-0.25, -0.2) is 0 Å². The Hall–Kier alpha value is -2.89. The van der Waals surface area contributed by atoms with Crippen LogP contribution in [-0.4, -0.2) is 42.0 Å². The number of hydrogen-bond acceptors (Lipinski definition) is 4. The Balaban J connectivity index is 1.64. The van der Waals surface area contributed by atoms with E-state index in [0.717, 1.165) is 42.8 Å². The van der Waals surface area contributed by atoms with E-state index in [-0.39, 0.29) is 17.9 Å². The molecule has 0 spiro atoms. The van der Waals surface area contributed by atoms with Crippen molar-refractivity contribution < 1.29 is 9.53 Å². The van der Waals surface area contributed by atoms with Crippen LogP contribution in [-0.2, 0) is 4.79 Å². The van der Waals surface area contributed by atoms with Gasteiger partial charge in [0.15, 0.2) is 0 Å². The minimum Gasteiger partial charge on any atom is -0.492 e. The molecule has 1 aliphatic heterocycles. The van der Waals surface area contributed by atoms with Gasteiger partial charge in [0.25, 0.3) is 0 Å². The number of ether oxygens (including phenoxy) is 1. The first-order valence-electron chi connectivity index (χ1n) is 11.1. The Morgan fingerprint density at radius 2 is 1.78 bits per heavy atom. The minimum absolute atomic E-state index is 0.000512. The summed E-state index contributed by atoms with van der Waals surface area (Å²) in [6.07, 6.45) is 5.27. The zero-order valence-electron chi connectivity index (χ0n) is 18.0. The molecule has 1 aliphatic rings. The van der Waals surface area contributed by atoms with Crippen LogP contribution in [0.25, 0.3) is 0 Å². The molecule has 32 heavy (non-hydrogen) atoms. The van der Waals surface area contributed by atoms with E-state index in [9.17, 15) is 4.79 Å². The fraction of sp³-hybridized carbons (Fsp3) is 0.308. The van der Waals surface area contributed by atoms with E-state index >= 15 is 0 Å². The third kappa shape index (κ3) is 5.67. The van der Waals surface area contributed by atoms with E-state index in [0.29, 0.717) is 18.2 Å². The van der Waals surface area contributed by atoms with Gasteiger partial charge in [-0.05, 0) is 67.4 Å². The summed E-state index contributed by atoms with van der Waals surface area (Å²) in [5.74, 6) is 0.956. The van der Waals surface area contributed by atoms with Crippen molar-refractivity contribution in [2.75, 3.05) is 26.2 Å². The lowest BCUT2D eigenvalue weighted by molar-refractivity contribution is -0.138. The van der Waals surface area contributed by atoms with E-state index < -0.39 is 0 Å². The van der Waals surface area contributed by atoms with Crippen LogP contribution < -0.4 is 10.1 Å². The number of aromatic nitrogens is 1. The number of amides is 1. The molecular weight excluding hydrogens is 422 g/mol. The average Bonchev–Trinajstić information content (AvgIpc) is 2.86. The fourth-order valence-electron chi connectivity index (χ4n) is 4.18. The third-order valence-corrected chi connectivity index (χ3v) is 6.07. The number of benzene rings is 2. The van der Waals surface area contributed by atoms with Crippen molar-refractivity contribution in [1.82, 2.24) is 15.2 Å². The molecule has 0 bridgehead atoms. The highest BCUT2D eigenvalue weighted by Crippen LogP contribution is 2.31. The van der Waals surface area contributed by atoms with Crippen LogP contribution in [0, 0.1) is 5.92 Å². The van der Waals surface area contributed by atoms with Gasteiger partial charge >= 0.3 is 0 Å². The Morgan fingerprint density at radius 3 is 2.47 bits per heavy atom. The van der Waals surface area contributed by atoms with E-state index in [1.165, 1.54) is 0 Å². The zero-order chi connectivity index (χ0) is 22.2. The number of halogens is 1. The van der Waals surface area contributed by atoms with Gasteiger partial charge in [0.1, 0.15) is 12.4 Å². The molecule has 0 aliphatic carbocycles. The normalized spacial score (nSPS) is 15.2. The third-order valence-electron chi connectivity index (χ3n) is 5.81. The molecule has 2 heterocycles. The van der Waals surface area contributed by atoms with Gasteiger partial charge in [-0.3, -0.25) is 9.78 Å². The number of carbonyl (C=O) groups is 1. The number of pyridine rings is 1. The van der Waals surface area contributed by atoms with Crippen molar-refractivity contribution in [3.63, 3.8) is 0 Å². The summed E-state index contributed by atoms with van der Waals surface area (Å²) in [7, 11) is 0. The van der Waals surface area contributed by atoms with Crippen molar-refractivity contribution in [2.45, 2.75) is 18.9 Å². The molecule has 6 heteroatoms. The predicted octanol–water partition coefficient (Wildman–Crippen LogP) is 4.73. The second-order valence-electron chi connectivity index (χ2n) is 7.96. The van der Waals surface area contributed by atoms with Gasteiger partial charge in [-0.2, -0.15) is 0 Å². The number of nitrogens with one attached hydrogen (secondary N) is 1. The molecule has 1 saturated heterocycles. The first kappa shape index (κ1) is 22.3. The highest BCUT2D eigenvalue weighted by molar-refractivity contribution is 6.30. The lowest BCUT2D eigenvalue weighted by atomic mass is 9.92. The summed E-state index contributed by atoms with van der Waals surface area (Å²) < 4.78 is 5.97. The van der Waals surface area contributed by atoms with Crippen molar-refractivity contribution in [3.8, 4) is 5.75 Å². The summed E-state index contributed by atoms with van der Waals surface area (Å²) in [4.78, 5) is 20.1. The molecule has 1 fully saturated rings. The van der Waals surface area contributed by atoms with Gasteiger partial charge in [0, 0.05) is 23.3 Å². The van der Waals surface area contributed by atoms with Gasteiger partial charge in [0.2, 0.25) is 5.91 Å². The Kier molecular flexibility index (Phi) is 7.75. The monoisotopic (exact) mass is 449 g/mol. The molecule has 1 aromatic heterocycles. The molecule has 1 atom stereocenters. The second-order valence-corrected chi connectivity index (χ2v) is 8.39. The van der Waals surface area contributed by atoms with Gasteiger partial charge in [0.05, 0.1) is 12.6 Å². The maximum atomic E-state index is 13.8. The largest absolute Gasteiger partial charge is 0.492 e. The molecule has 3 aromatic rings. The lowest BCUT2D eigenvalue weighted by Gasteiger charge is -2.36. The predicted molar refractivity (Wildman–Crippen MR) is 127 cm³/mol. The average molecular weight is 450 g/mol. The van der Waals surface area contributed by atoms with Crippen molar-refractivity contribution in [3.05, 3.63) is 95.3 Å². The maximum Gasteiger partial charge on any atom is 0.226 e. The summed E-state index contributed by atoms with van der Waals surface area (Å²) in [6, 6.07) is 21.1. The molecule has 0 unspecified atom stereocenters. The maximum absolute atomic E-state index is 13.8. The van der Waals surface area contributed by atoms with Crippen LogP contribution in [0.5, 0.6) is 5.75 Å². The summed E-state index contributed by atoms with van der Waals surface area (Å²) >= 11 is 6.16. The van der Waals surface area contributed by atoms with Crippen molar-refractivity contribution in [1.29, 1.82) is 0 Å². The van der Waals surface area contributed by atoms with Crippen LogP contribution in [0.1, 0.15) is 30.0 Å². The molecule has 1 N–H and O–H groups in total. The molecule has 166 valence electrons. The second kappa shape index (κ2) is 11.1. The lowest BCUT2D eigenvalue weighted by Crippen LogP contribution is -2.44. The van der Waals surface area contributed by atoms with Gasteiger partial charge in [-0.15, -0.1) is 0 Å². The van der Waals surface area contributed by atoms with Crippen LogP contribution in [0.3, 0.4) is 0 Å². The SMILES string of the molecule is O=C(C1CCNCC1)N(CCOc1ccccc1)[C@@H](c1ccc(Cl)cc1)c1cccnc1. The van der Waals surface area contributed by atoms with Crippen LogP contribution in [0.4, 0.5) is 0 Å². The Bertz CT molecular complexity index is 977. The van der Waals surface area contributed by atoms with Crippen molar-refractivity contribution in [2.24, 2.45) is 5.92 Å². The van der Waals surface area contributed by atoms with E-state index in [4.69, 9.17) is 16.3 Å². The minimum atomic E-state index is -0.261. The molecule has 0 radical (unpaired) electrons. The molecule has 1 amide bonds. The van der Waals surface area contributed by atoms with E-state index in [1.807, 2.05) is 77.8 Å². The quantitative estimate of drug-likeness (QED) is 0.540. The van der Waals surface area contributed by atoms with Crippen LogP contribution in [0.15, 0.2) is 79.1 Å². The summed E-state index contributed by atoms with van der Waals surface area (Å²) in [5, 5.41) is 4.02. The number of nitrogens with zero attached hydrogens (tertiary/aromatic N) is 2. The van der Waals surface area contributed by atoms with Crippen LogP contribution in [0.2, 0.25) is 5.02 Å². The summed E-state index contributed by atoms with van der Waals surface area (Å²) in [5.41, 5.74) is 1.97. The molecule has 4 rings (SSSR count). The molecule has 5 nitrogen and oxygen atoms in total. The number of piperidine rings is 1. The molecule has 2 aromatic carbocycles. The topological polar surface area (TPSA) is 54.5 Å². The van der Waals surface area contributed by atoms with Gasteiger partial charge < -0.3 is 15.0 Å². The Labute approximate surface area is 194 Å². The number of carbonyl (C=O) groups excluding carboxylic acids is 1. The molecular formula is C26H28ClN3O2. The highest BCUT2D eigenvalue weighted by atomic mass is 35.5. The Morgan fingerprint density at radius 1 is 1.03 bits per heavy atom. The van der Waals surface area contributed by atoms with Gasteiger partial charge in [-0.1, -0.05) is 48.0 Å². The standard InChI is InChI=1S/C26H28ClN3O2/c27-23-10-8-20(9-11-23)25(22-5-4-14-29-19-22)30(26(31)21-12-15-28-16-13-21)17-18-32-24-6-2-1-3-7-24/h1-11,14,19,21,25,28H,12-13,15-18H2/t25-/m0/s1. The summed E-state index contributed by atoms with van der Waals surface area (Å²) in [6.45, 7) is 2.61. The number of rotatable bonds is 8. The van der Waals surface area contributed by atoms with E-state index in [2.05, 4.69) is 10.3 Å². The highest BCUT2D eigenvalue weighted by Gasteiger charge is 2.32. The first-order chi connectivity index (χ1) is 15.7. The zero-order valence-corrected chi connectivity index (χ0v) is 18.7. The molecule has 0 saturated carbocycles. The smallest absolute Gasteiger partial charge is 0.226 e. The first-order valence-corrected chi connectivity index (χ1v) is 11.4. The number of para-hydroxylation sites is 1. The number of hydrogen-bond donors (Lipinski definition) is 1. The van der Waals surface area contributed by atoms with Crippen molar-refractivity contribution >= 4 is 17.5 Å². The fourth-order valence-corrected chi connectivity index (χ4v) is 4.31. The van der Waals surface area contributed by atoms with E-state index in [1.54, 1.807) is 6.20 Å². The van der Waals surface area contributed by atoms with Crippen LogP contribution >= 0.6 is 11.6 Å².